The van der Waals surface area contributed by atoms with E-state index in [9.17, 15) is 13.2 Å². The zero-order valence-electron chi connectivity index (χ0n) is 14.3. The van der Waals surface area contributed by atoms with Gasteiger partial charge in [-0.15, -0.1) is 0 Å². The Kier molecular flexibility index (Phi) is 4.77. The Bertz CT molecular complexity index is 1040. The second-order valence-electron chi connectivity index (χ2n) is 5.77. The summed E-state index contributed by atoms with van der Waals surface area (Å²) in [4.78, 5) is 12.3. The molecule has 0 aliphatic heterocycles. The fraction of sp³-hybridized carbons (Fsp3) is 0.111. The Morgan fingerprint density at radius 3 is 2.35 bits per heavy atom. The number of aromatic nitrogens is 2. The highest BCUT2D eigenvalue weighted by Gasteiger charge is 2.16. The molecule has 1 amide bonds. The number of para-hydroxylation sites is 1. The van der Waals surface area contributed by atoms with Crippen LogP contribution in [-0.4, -0.2) is 24.1 Å². The standard InChI is InChI=1S/C18H18N4O3S/c1-13-5-3-4-6-16(13)21-26(24,25)15-9-7-14(8-10-15)18(23)19-17-11-12-22(2)20-17/h3-12,21H,1-2H3,(H,19,20,23). The van der Waals surface area contributed by atoms with E-state index in [4.69, 9.17) is 0 Å². The Balaban J connectivity index is 1.76. The predicted octanol–water partition coefficient (Wildman–Crippen LogP) is 2.78. The van der Waals surface area contributed by atoms with Gasteiger partial charge in [0.25, 0.3) is 15.9 Å². The molecular formula is C18H18N4O3S. The molecule has 0 spiro atoms. The number of hydrogen-bond donors (Lipinski definition) is 2. The summed E-state index contributed by atoms with van der Waals surface area (Å²) in [5.41, 5.74) is 1.68. The summed E-state index contributed by atoms with van der Waals surface area (Å²) >= 11 is 0. The Morgan fingerprint density at radius 2 is 1.73 bits per heavy atom. The first kappa shape index (κ1) is 17.7. The van der Waals surface area contributed by atoms with Crippen molar-refractivity contribution >= 4 is 27.4 Å². The van der Waals surface area contributed by atoms with E-state index >= 15 is 0 Å². The van der Waals surface area contributed by atoms with Crippen LogP contribution in [0.1, 0.15) is 15.9 Å². The molecule has 0 aliphatic rings. The zero-order chi connectivity index (χ0) is 18.7. The smallest absolute Gasteiger partial charge is 0.261 e. The number of nitrogens with zero attached hydrogens (tertiary/aromatic N) is 2. The third-order valence-electron chi connectivity index (χ3n) is 3.77. The number of hydrogen-bond acceptors (Lipinski definition) is 4. The molecule has 26 heavy (non-hydrogen) atoms. The van der Waals surface area contributed by atoms with E-state index in [1.165, 1.54) is 24.3 Å². The van der Waals surface area contributed by atoms with Crippen LogP contribution in [0.15, 0.2) is 65.7 Å². The van der Waals surface area contributed by atoms with Crippen LogP contribution < -0.4 is 10.0 Å². The minimum absolute atomic E-state index is 0.0788. The first-order valence-electron chi connectivity index (χ1n) is 7.85. The van der Waals surface area contributed by atoms with Gasteiger partial charge in [0.15, 0.2) is 5.82 Å². The first-order valence-corrected chi connectivity index (χ1v) is 9.33. The van der Waals surface area contributed by atoms with Crippen molar-refractivity contribution in [3.8, 4) is 0 Å². The van der Waals surface area contributed by atoms with E-state index in [2.05, 4.69) is 15.1 Å². The van der Waals surface area contributed by atoms with E-state index in [1.54, 1.807) is 36.1 Å². The maximum Gasteiger partial charge on any atom is 0.261 e. The van der Waals surface area contributed by atoms with Crippen LogP contribution in [0.25, 0.3) is 0 Å². The molecule has 2 aromatic carbocycles. The summed E-state index contributed by atoms with van der Waals surface area (Å²) in [7, 11) is -1.98. The van der Waals surface area contributed by atoms with Gasteiger partial charge in [-0.2, -0.15) is 5.10 Å². The normalized spacial score (nSPS) is 11.2. The molecule has 3 rings (SSSR count). The number of carbonyl (C=O) groups excluding carboxylic acids is 1. The summed E-state index contributed by atoms with van der Waals surface area (Å²) in [5.74, 6) is 0.0647. The third kappa shape index (κ3) is 3.92. The molecule has 0 fully saturated rings. The highest BCUT2D eigenvalue weighted by Crippen LogP contribution is 2.20. The van der Waals surface area contributed by atoms with Gasteiger partial charge in [-0.05, 0) is 42.8 Å². The van der Waals surface area contributed by atoms with Crippen molar-refractivity contribution in [2.45, 2.75) is 11.8 Å². The average Bonchev–Trinajstić information content (AvgIpc) is 3.02. The minimum Gasteiger partial charge on any atom is -0.305 e. The molecule has 2 N–H and O–H groups in total. The molecule has 8 heteroatoms. The van der Waals surface area contributed by atoms with Crippen LogP contribution in [0.5, 0.6) is 0 Å². The molecule has 0 unspecified atom stereocenters. The van der Waals surface area contributed by atoms with Crippen LogP contribution in [0.2, 0.25) is 0 Å². The molecule has 0 radical (unpaired) electrons. The number of amides is 1. The number of benzene rings is 2. The summed E-state index contributed by atoms with van der Waals surface area (Å²) < 4.78 is 29.1. The van der Waals surface area contributed by atoms with Gasteiger partial charge in [-0.25, -0.2) is 8.42 Å². The van der Waals surface area contributed by atoms with Crippen molar-refractivity contribution < 1.29 is 13.2 Å². The molecule has 7 nitrogen and oxygen atoms in total. The lowest BCUT2D eigenvalue weighted by molar-refractivity contribution is 0.102. The van der Waals surface area contributed by atoms with Gasteiger partial charge in [0.2, 0.25) is 0 Å². The van der Waals surface area contributed by atoms with Crippen molar-refractivity contribution in [3.63, 3.8) is 0 Å². The van der Waals surface area contributed by atoms with Gasteiger partial charge in [-0.3, -0.25) is 14.2 Å². The molecule has 0 saturated carbocycles. The van der Waals surface area contributed by atoms with Gasteiger partial charge < -0.3 is 5.32 Å². The second kappa shape index (κ2) is 7.01. The molecule has 134 valence electrons. The van der Waals surface area contributed by atoms with Crippen molar-refractivity contribution in [1.29, 1.82) is 0 Å². The summed E-state index contributed by atoms with van der Waals surface area (Å²) in [5, 5.41) is 6.72. The fourth-order valence-electron chi connectivity index (χ4n) is 2.35. The monoisotopic (exact) mass is 370 g/mol. The third-order valence-corrected chi connectivity index (χ3v) is 5.15. The van der Waals surface area contributed by atoms with Gasteiger partial charge in [0, 0.05) is 24.9 Å². The lowest BCUT2D eigenvalue weighted by Crippen LogP contribution is -2.15. The van der Waals surface area contributed by atoms with Crippen LogP contribution in [0.4, 0.5) is 11.5 Å². The van der Waals surface area contributed by atoms with Crippen LogP contribution >= 0.6 is 0 Å². The summed E-state index contributed by atoms with van der Waals surface area (Å²) in [6.45, 7) is 1.82. The minimum atomic E-state index is -3.73. The van der Waals surface area contributed by atoms with Gasteiger partial charge in [0.05, 0.1) is 10.6 Å². The summed E-state index contributed by atoms with van der Waals surface area (Å²) in [6, 6.07) is 14.5. The van der Waals surface area contributed by atoms with Crippen molar-refractivity contribution in [1.82, 2.24) is 9.78 Å². The molecule has 0 bridgehead atoms. The summed E-state index contributed by atoms with van der Waals surface area (Å²) in [6.07, 6.45) is 1.71. The van der Waals surface area contributed by atoms with E-state index in [-0.39, 0.29) is 10.8 Å². The van der Waals surface area contributed by atoms with E-state index in [0.717, 1.165) is 5.56 Å². The number of carbonyl (C=O) groups is 1. The van der Waals surface area contributed by atoms with Gasteiger partial charge in [-0.1, -0.05) is 18.2 Å². The zero-order valence-corrected chi connectivity index (χ0v) is 15.1. The van der Waals surface area contributed by atoms with Crippen LogP contribution in [0.3, 0.4) is 0 Å². The van der Waals surface area contributed by atoms with Gasteiger partial charge >= 0.3 is 0 Å². The highest BCUT2D eigenvalue weighted by molar-refractivity contribution is 7.92. The molecule has 0 atom stereocenters. The molecule has 1 heterocycles. The van der Waals surface area contributed by atoms with Crippen LogP contribution in [-0.2, 0) is 17.1 Å². The Morgan fingerprint density at radius 1 is 1.04 bits per heavy atom. The second-order valence-corrected chi connectivity index (χ2v) is 7.46. The topological polar surface area (TPSA) is 93.1 Å². The van der Waals surface area contributed by atoms with Crippen molar-refractivity contribution in [3.05, 3.63) is 71.9 Å². The SMILES string of the molecule is Cc1ccccc1NS(=O)(=O)c1ccc(C(=O)Nc2ccn(C)n2)cc1. The number of rotatable bonds is 5. The maximum absolute atomic E-state index is 12.5. The molecule has 0 saturated heterocycles. The lowest BCUT2D eigenvalue weighted by Gasteiger charge is -2.10. The lowest BCUT2D eigenvalue weighted by atomic mass is 10.2. The number of sulfonamides is 1. The predicted molar refractivity (Wildman–Crippen MR) is 99.6 cm³/mol. The number of aryl methyl sites for hydroxylation is 2. The van der Waals surface area contributed by atoms with Crippen LogP contribution in [0, 0.1) is 6.92 Å². The first-order chi connectivity index (χ1) is 12.3. The molecule has 0 aliphatic carbocycles. The maximum atomic E-state index is 12.5. The van der Waals surface area contributed by atoms with Crippen molar-refractivity contribution in [2.75, 3.05) is 10.0 Å². The van der Waals surface area contributed by atoms with E-state index in [1.807, 2.05) is 19.1 Å². The quantitative estimate of drug-likeness (QED) is 0.722. The molecular weight excluding hydrogens is 352 g/mol. The van der Waals surface area contributed by atoms with Crippen molar-refractivity contribution in [2.24, 2.45) is 7.05 Å². The van der Waals surface area contributed by atoms with E-state index in [0.29, 0.717) is 17.1 Å². The Labute approximate surface area is 151 Å². The highest BCUT2D eigenvalue weighted by atomic mass is 32.2. The largest absolute Gasteiger partial charge is 0.305 e. The van der Waals surface area contributed by atoms with Gasteiger partial charge in [0.1, 0.15) is 0 Å². The van der Waals surface area contributed by atoms with E-state index < -0.39 is 10.0 Å². The molecule has 1 aromatic heterocycles. The molecule has 3 aromatic rings. The fourth-order valence-corrected chi connectivity index (χ4v) is 3.48. The Hall–Kier alpha value is -3.13. The number of anilines is 2. The average molecular weight is 370 g/mol. The number of nitrogens with one attached hydrogen (secondary N) is 2.